The first-order chi connectivity index (χ1) is 15.0. The van der Waals surface area contributed by atoms with Gasteiger partial charge in [-0.2, -0.15) is 18.3 Å². The van der Waals surface area contributed by atoms with Crippen LogP contribution in [0.15, 0.2) is 36.8 Å². The van der Waals surface area contributed by atoms with Crippen molar-refractivity contribution >= 4 is 11.6 Å². The molecule has 0 spiro atoms. The van der Waals surface area contributed by atoms with Crippen LogP contribution in [-0.4, -0.2) is 46.1 Å². The van der Waals surface area contributed by atoms with Crippen LogP contribution >= 0.6 is 0 Å². The molecule has 1 aliphatic rings. The molecule has 8 nitrogen and oxygen atoms in total. The number of methoxy groups -OCH3 is 2. The molecule has 0 N–H and O–H groups in total. The van der Waals surface area contributed by atoms with Crippen LogP contribution in [0, 0.1) is 0 Å². The van der Waals surface area contributed by atoms with Crippen molar-refractivity contribution in [3.8, 4) is 22.9 Å². The van der Waals surface area contributed by atoms with Gasteiger partial charge >= 0.3 is 6.18 Å². The molecular weight excluding hydrogens is 427 g/mol. The van der Waals surface area contributed by atoms with Gasteiger partial charge < -0.3 is 9.47 Å². The Kier molecular flexibility index (Phi) is 5.06. The number of ether oxygens (including phenoxy) is 2. The fourth-order valence-electron chi connectivity index (χ4n) is 3.79. The van der Waals surface area contributed by atoms with Crippen molar-refractivity contribution in [3.05, 3.63) is 48.0 Å². The van der Waals surface area contributed by atoms with Gasteiger partial charge in [-0.1, -0.05) is 0 Å². The van der Waals surface area contributed by atoms with E-state index in [-0.39, 0.29) is 11.6 Å². The van der Waals surface area contributed by atoms with Gasteiger partial charge in [-0.15, -0.1) is 0 Å². The van der Waals surface area contributed by atoms with E-state index in [1.54, 1.807) is 38.2 Å². The summed E-state index contributed by atoms with van der Waals surface area (Å²) < 4.78 is 49.3. The highest BCUT2D eigenvalue weighted by Gasteiger charge is 2.46. The molecule has 0 aromatic carbocycles. The lowest BCUT2D eigenvalue weighted by Gasteiger charge is -2.30. The van der Waals surface area contributed by atoms with Gasteiger partial charge in [0, 0.05) is 18.0 Å². The topological polar surface area (TPSA) is 82.4 Å². The molecular formula is C21H20F3N5O3. The Morgan fingerprint density at radius 3 is 2.53 bits per heavy atom. The molecule has 3 aromatic heterocycles. The molecule has 0 saturated heterocycles. The third-order valence-electron chi connectivity index (χ3n) is 5.21. The maximum absolute atomic E-state index is 13.1. The van der Waals surface area contributed by atoms with Gasteiger partial charge in [0.05, 0.1) is 48.6 Å². The fourth-order valence-corrected chi connectivity index (χ4v) is 3.79. The van der Waals surface area contributed by atoms with Crippen molar-refractivity contribution < 1.29 is 27.4 Å². The van der Waals surface area contributed by atoms with E-state index in [0.717, 1.165) is 4.68 Å². The summed E-state index contributed by atoms with van der Waals surface area (Å²) in [5.74, 6) is 0.400. The van der Waals surface area contributed by atoms with Crippen molar-refractivity contribution in [1.82, 2.24) is 19.7 Å². The molecule has 11 heteroatoms. The van der Waals surface area contributed by atoms with Gasteiger partial charge in [0.25, 0.3) is 11.8 Å². The number of anilines is 1. The summed E-state index contributed by atoms with van der Waals surface area (Å²) in [4.78, 5) is 23.4. The Hall–Kier alpha value is -3.63. The molecule has 1 amide bonds. The van der Waals surface area contributed by atoms with E-state index < -0.39 is 18.3 Å². The summed E-state index contributed by atoms with van der Waals surface area (Å²) in [5, 5.41) is 3.76. The molecule has 0 unspecified atom stereocenters. The highest BCUT2D eigenvalue weighted by Crippen LogP contribution is 2.42. The number of alkyl halides is 3. The average molecular weight is 447 g/mol. The highest BCUT2D eigenvalue weighted by molar-refractivity contribution is 6.11. The number of aromatic nitrogens is 4. The Morgan fingerprint density at radius 1 is 1.12 bits per heavy atom. The third-order valence-corrected chi connectivity index (χ3v) is 5.21. The SMILES string of the molecule is COc1cc(-c2ccc3c(n2)C(C)(C)N(c2cnn(CC(F)(F)F)c2)C3=O)cnc1OC. The highest BCUT2D eigenvalue weighted by atomic mass is 19.4. The summed E-state index contributed by atoms with van der Waals surface area (Å²) in [6.45, 7) is 2.32. The van der Waals surface area contributed by atoms with Crippen LogP contribution in [0.4, 0.5) is 18.9 Å². The predicted molar refractivity (Wildman–Crippen MR) is 109 cm³/mol. The summed E-state index contributed by atoms with van der Waals surface area (Å²) in [6.07, 6.45) is -0.381. The molecule has 0 radical (unpaired) electrons. The number of hydrogen-bond acceptors (Lipinski definition) is 6. The van der Waals surface area contributed by atoms with Gasteiger partial charge in [-0.25, -0.2) is 9.97 Å². The molecule has 0 atom stereocenters. The van der Waals surface area contributed by atoms with Crippen LogP contribution in [0.2, 0.25) is 0 Å². The molecule has 0 saturated carbocycles. The van der Waals surface area contributed by atoms with Gasteiger partial charge in [0.15, 0.2) is 5.75 Å². The second kappa shape index (κ2) is 7.50. The van der Waals surface area contributed by atoms with Crippen LogP contribution in [0.1, 0.15) is 29.9 Å². The van der Waals surface area contributed by atoms with E-state index in [4.69, 9.17) is 14.5 Å². The van der Waals surface area contributed by atoms with Gasteiger partial charge in [-0.3, -0.25) is 14.4 Å². The van der Waals surface area contributed by atoms with E-state index in [1.165, 1.54) is 31.5 Å². The lowest BCUT2D eigenvalue weighted by atomic mass is 9.98. The van der Waals surface area contributed by atoms with E-state index in [0.29, 0.717) is 34.1 Å². The molecule has 168 valence electrons. The average Bonchev–Trinajstić information content (AvgIpc) is 3.25. The summed E-state index contributed by atoms with van der Waals surface area (Å²) in [7, 11) is 2.98. The molecule has 3 aromatic rings. The van der Waals surface area contributed by atoms with Crippen LogP contribution in [0.25, 0.3) is 11.3 Å². The molecule has 0 bridgehead atoms. The number of fused-ring (bicyclic) bond motifs is 1. The fraction of sp³-hybridized carbons (Fsp3) is 0.333. The predicted octanol–water partition coefficient (Wildman–Crippen LogP) is 3.82. The largest absolute Gasteiger partial charge is 0.491 e. The minimum Gasteiger partial charge on any atom is -0.491 e. The first-order valence-electron chi connectivity index (χ1n) is 9.59. The van der Waals surface area contributed by atoms with Gasteiger partial charge in [0.1, 0.15) is 6.54 Å². The summed E-state index contributed by atoms with van der Waals surface area (Å²) in [5.41, 5.74) is 1.43. The van der Waals surface area contributed by atoms with Crippen molar-refractivity contribution in [2.45, 2.75) is 32.1 Å². The standard InChI is InChI=1S/C21H20F3N5O3/c1-20(2)17-14(19(30)29(20)13-9-26-28(10-13)11-21(22,23)24)5-6-15(27-17)12-7-16(31-3)18(32-4)25-8-12/h5-10H,11H2,1-4H3. The number of halogens is 3. The van der Waals surface area contributed by atoms with Crippen LogP contribution in [0.3, 0.4) is 0 Å². The van der Waals surface area contributed by atoms with E-state index >= 15 is 0 Å². The second-order valence-electron chi connectivity index (χ2n) is 7.74. The van der Waals surface area contributed by atoms with Crippen molar-refractivity contribution in [1.29, 1.82) is 0 Å². The van der Waals surface area contributed by atoms with Gasteiger partial charge in [-0.05, 0) is 32.0 Å². The maximum atomic E-state index is 13.1. The van der Waals surface area contributed by atoms with Crippen LogP contribution in [-0.2, 0) is 12.1 Å². The Morgan fingerprint density at radius 2 is 1.88 bits per heavy atom. The molecule has 1 aliphatic heterocycles. The number of amides is 1. The Balaban J connectivity index is 1.72. The van der Waals surface area contributed by atoms with Crippen LogP contribution in [0.5, 0.6) is 11.6 Å². The van der Waals surface area contributed by atoms with Crippen molar-refractivity contribution in [2.75, 3.05) is 19.1 Å². The number of carbonyl (C=O) groups is 1. The third kappa shape index (κ3) is 3.63. The van der Waals surface area contributed by atoms with E-state index in [9.17, 15) is 18.0 Å². The molecule has 32 heavy (non-hydrogen) atoms. The lowest BCUT2D eigenvalue weighted by molar-refractivity contribution is -0.142. The van der Waals surface area contributed by atoms with E-state index in [2.05, 4.69) is 10.1 Å². The van der Waals surface area contributed by atoms with E-state index in [1.807, 2.05) is 0 Å². The minimum atomic E-state index is -4.42. The smallest absolute Gasteiger partial charge is 0.408 e. The number of rotatable bonds is 5. The zero-order valence-corrected chi connectivity index (χ0v) is 17.8. The summed E-state index contributed by atoms with van der Waals surface area (Å²) >= 11 is 0. The first-order valence-corrected chi connectivity index (χ1v) is 9.59. The monoisotopic (exact) mass is 447 g/mol. The van der Waals surface area contributed by atoms with Crippen molar-refractivity contribution in [3.63, 3.8) is 0 Å². The quantitative estimate of drug-likeness (QED) is 0.592. The minimum absolute atomic E-state index is 0.261. The molecule has 4 rings (SSSR count). The van der Waals surface area contributed by atoms with Crippen molar-refractivity contribution in [2.24, 2.45) is 0 Å². The second-order valence-corrected chi connectivity index (χ2v) is 7.74. The maximum Gasteiger partial charge on any atom is 0.408 e. The zero-order chi connectivity index (χ0) is 23.3. The number of pyridine rings is 2. The van der Waals surface area contributed by atoms with Crippen LogP contribution < -0.4 is 14.4 Å². The Labute approximate surface area is 181 Å². The molecule has 0 fully saturated rings. The number of hydrogen-bond donors (Lipinski definition) is 0. The lowest BCUT2D eigenvalue weighted by Crippen LogP contribution is -2.39. The zero-order valence-electron chi connectivity index (χ0n) is 17.8. The first kappa shape index (κ1) is 21.6. The number of carbonyl (C=O) groups excluding carboxylic acids is 1. The number of nitrogens with zero attached hydrogens (tertiary/aromatic N) is 5. The summed E-state index contributed by atoms with van der Waals surface area (Å²) in [6, 6.07) is 5.06. The normalized spacial score (nSPS) is 15.1. The molecule has 4 heterocycles. The van der Waals surface area contributed by atoms with Gasteiger partial charge in [0.2, 0.25) is 0 Å². The Bertz CT molecular complexity index is 1190. The molecule has 0 aliphatic carbocycles.